The highest BCUT2D eigenvalue weighted by atomic mass is 16.4. The Kier molecular flexibility index (Phi) is 19.3. The van der Waals surface area contributed by atoms with Crippen molar-refractivity contribution >= 4 is 41.3 Å². The SMILES string of the molecule is CC(=O)[O-].CC(=O)[O-].CCCNC(=O)Nc1ccc(CNC(=O)c2ccc(C(=O)NCc3ccc(CC(=O)CCC[NH3+])cc3)cc2)cc1. The normalized spacial score (nSPS) is 9.75. The third-order valence-corrected chi connectivity index (χ3v) is 6.19. The molecular formula is C35H44N5O8-. The van der Waals surface area contributed by atoms with E-state index in [1.165, 1.54) is 0 Å². The van der Waals surface area contributed by atoms with Crippen LogP contribution in [0.4, 0.5) is 10.5 Å². The molecule has 0 spiro atoms. The summed E-state index contributed by atoms with van der Waals surface area (Å²) in [6, 6.07) is 21.1. The highest BCUT2D eigenvalue weighted by molar-refractivity contribution is 5.97. The molecule has 48 heavy (non-hydrogen) atoms. The van der Waals surface area contributed by atoms with Gasteiger partial charge < -0.3 is 46.8 Å². The minimum Gasteiger partial charge on any atom is -0.550 e. The molecular weight excluding hydrogens is 618 g/mol. The van der Waals surface area contributed by atoms with Crippen LogP contribution in [0.25, 0.3) is 0 Å². The highest BCUT2D eigenvalue weighted by Crippen LogP contribution is 2.11. The molecule has 13 nitrogen and oxygen atoms in total. The number of aliphatic carboxylic acids is 2. The molecule has 13 heteroatoms. The van der Waals surface area contributed by atoms with Gasteiger partial charge in [-0.1, -0.05) is 43.3 Å². The Morgan fingerprint density at radius 1 is 0.646 bits per heavy atom. The first-order chi connectivity index (χ1) is 22.8. The average Bonchev–Trinajstić information content (AvgIpc) is 3.05. The van der Waals surface area contributed by atoms with Crippen molar-refractivity contribution in [3.05, 3.63) is 101 Å². The Balaban J connectivity index is 0.00000129. The van der Waals surface area contributed by atoms with Gasteiger partial charge in [0.15, 0.2) is 0 Å². The molecule has 0 saturated heterocycles. The van der Waals surface area contributed by atoms with Gasteiger partial charge in [0.1, 0.15) is 5.78 Å². The fourth-order valence-corrected chi connectivity index (χ4v) is 3.87. The monoisotopic (exact) mass is 662 g/mol. The quantitative estimate of drug-likeness (QED) is 0.165. The van der Waals surface area contributed by atoms with Gasteiger partial charge in [0, 0.05) is 67.6 Å². The van der Waals surface area contributed by atoms with Crippen molar-refractivity contribution in [1.29, 1.82) is 0 Å². The van der Waals surface area contributed by atoms with Crippen LogP contribution in [0, 0.1) is 0 Å². The largest absolute Gasteiger partial charge is 0.550 e. The number of rotatable bonds is 14. The molecule has 0 bridgehead atoms. The number of benzene rings is 3. The van der Waals surface area contributed by atoms with Crippen LogP contribution < -0.4 is 37.2 Å². The van der Waals surface area contributed by atoms with Crippen molar-refractivity contribution in [2.75, 3.05) is 18.4 Å². The zero-order valence-corrected chi connectivity index (χ0v) is 27.6. The van der Waals surface area contributed by atoms with E-state index in [2.05, 4.69) is 27.0 Å². The van der Waals surface area contributed by atoms with E-state index in [9.17, 15) is 19.2 Å². The maximum absolute atomic E-state index is 12.6. The zero-order chi connectivity index (χ0) is 35.9. The summed E-state index contributed by atoms with van der Waals surface area (Å²) in [5, 5.41) is 29.0. The van der Waals surface area contributed by atoms with E-state index in [0.29, 0.717) is 49.3 Å². The van der Waals surface area contributed by atoms with Gasteiger partial charge in [-0.2, -0.15) is 0 Å². The van der Waals surface area contributed by atoms with Crippen molar-refractivity contribution in [1.82, 2.24) is 16.0 Å². The van der Waals surface area contributed by atoms with Gasteiger partial charge in [-0.15, -0.1) is 0 Å². The number of quaternary nitrogens is 1. The minimum absolute atomic E-state index is 0.207. The van der Waals surface area contributed by atoms with Crippen LogP contribution >= 0.6 is 0 Å². The Morgan fingerprint density at radius 3 is 1.48 bits per heavy atom. The van der Waals surface area contributed by atoms with Gasteiger partial charge in [0.2, 0.25) is 0 Å². The van der Waals surface area contributed by atoms with Gasteiger partial charge in [0.05, 0.1) is 6.54 Å². The summed E-state index contributed by atoms with van der Waals surface area (Å²) in [5.74, 6) is -2.45. The summed E-state index contributed by atoms with van der Waals surface area (Å²) < 4.78 is 0. The van der Waals surface area contributed by atoms with Crippen LogP contribution in [0.15, 0.2) is 72.8 Å². The predicted octanol–water partition coefficient (Wildman–Crippen LogP) is 0.724. The number of anilines is 1. The van der Waals surface area contributed by atoms with Crippen molar-refractivity contribution in [2.24, 2.45) is 0 Å². The molecule has 0 unspecified atom stereocenters. The van der Waals surface area contributed by atoms with Crippen LogP contribution in [-0.2, 0) is 33.9 Å². The lowest BCUT2D eigenvalue weighted by atomic mass is 10.0. The molecule has 4 amide bonds. The number of Topliss-reactive ketones (excluding diaryl/α,β-unsaturated/α-hetero) is 1. The Hall–Kier alpha value is -5.56. The number of urea groups is 1. The molecule has 0 aromatic heterocycles. The van der Waals surface area contributed by atoms with Crippen LogP contribution in [0.1, 0.15) is 77.4 Å². The van der Waals surface area contributed by atoms with Gasteiger partial charge in [-0.3, -0.25) is 14.4 Å². The van der Waals surface area contributed by atoms with E-state index >= 15 is 0 Å². The number of hydrogen-bond donors (Lipinski definition) is 5. The molecule has 0 radical (unpaired) electrons. The van der Waals surface area contributed by atoms with Crippen molar-refractivity contribution in [3.63, 3.8) is 0 Å². The number of carbonyl (C=O) groups excluding carboxylic acids is 6. The summed E-state index contributed by atoms with van der Waals surface area (Å²) in [6.07, 6.45) is 2.63. The van der Waals surface area contributed by atoms with Crippen LogP contribution in [0.2, 0.25) is 0 Å². The molecule has 0 fully saturated rings. The summed E-state index contributed by atoms with van der Waals surface area (Å²) in [5.41, 5.74) is 8.11. The number of carboxylic acid groups (broad SMARTS) is 2. The summed E-state index contributed by atoms with van der Waals surface area (Å²) in [7, 11) is 0. The van der Waals surface area contributed by atoms with Gasteiger partial charge in [-0.25, -0.2) is 4.79 Å². The third-order valence-electron chi connectivity index (χ3n) is 6.19. The molecule has 3 aromatic rings. The maximum Gasteiger partial charge on any atom is 0.319 e. The van der Waals surface area contributed by atoms with E-state index in [-0.39, 0.29) is 23.6 Å². The van der Waals surface area contributed by atoms with E-state index in [1.54, 1.807) is 36.4 Å². The molecule has 0 saturated carbocycles. The topological polar surface area (TPSA) is 224 Å². The van der Waals surface area contributed by atoms with Crippen molar-refractivity contribution < 1.29 is 44.7 Å². The summed E-state index contributed by atoms with van der Waals surface area (Å²) >= 11 is 0. The van der Waals surface area contributed by atoms with Crippen molar-refractivity contribution in [2.45, 2.75) is 59.5 Å². The first kappa shape index (κ1) is 40.5. The molecule has 0 atom stereocenters. The number of nitrogens with one attached hydrogen (secondary N) is 4. The minimum atomic E-state index is -1.08. The molecule has 0 aliphatic rings. The van der Waals surface area contributed by atoms with Gasteiger partial charge in [-0.05, 0) is 73.4 Å². The number of ketones is 1. The van der Waals surface area contributed by atoms with Crippen LogP contribution in [0.3, 0.4) is 0 Å². The molecule has 3 aromatic carbocycles. The second kappa shape index (κ2) is 22.9. The highest BCUT2D eigenvalue weighted by Gasteiger charge is 2.10. The summed E-state index contributed by atoms with van der Waals surface area (Å²) in [4.78, 5) is 66.6. The fraction of sp³-hybridized carbons (Fsp3) is 0.314. The molecule has 0 aliphatic heterocycles. The maximum atomic E-state index is 12.6. The fourth-order valence-electron chi connectivity index (χ4n) is 3.87. The number of hydrogen-bond acceptors (Lipinski definition) is 8. The number of carboxylic acids is 2. The zero-order valence-electron chi connectivity index (χ0n) is 27.6. The molecule has 0 heterocycles. The van der Waals surface area contributed by atoms with E-state index in [1.807, 2.05) is 43.3 Å². The van der Waals surface area contributed by atoms with E-state index in [4.69, 9.17) is 19.8 Å². The lowest BCUT2D eigenvalue weighted by Gasteiger charge is -2.09. The molecule has 3 rings (SSSR count). The lowest BCUT2D eigenvalue weighted by molar-refractivity contribution is -0.368. The van der Waals surface area contributed by atoms with Gasteiger partial charge in [0.25, 0.3) is 11.8 Å². The Labute approximate surface area is 280 Å². The number of amides is 4. The Morgan fingerprint density at radius 2 is 1.06 bits per heavy atom. The smallest absolute Gasteiger partial charge is 0.319 e. The number of carbonyl (C=O) groups is 6. The lowest BCUT2D eigenvalue weighted by Crippen LogP contribution is -2.50. The second-order valence-corrected chi connectivity index (χ2v) is 10.5. The second-order valence-electron chi connectivity index (χ2n) is 10.5. The summed E-state index contributed by atoms with van der Waals surface area (Å²) in [6.45, 7) is 5.98. The molecule has 7 N–H and O–H groups in total. The van der Waals surface area contributed by atoms with Crippen molar-refractivity contribution in [3.8, 4) is 0 Å². The van der Waals surface area contributed by atoms with E-state index in [0.717, 1.165) is 49.9 Å². The Bertz CT molecular complexity index is 1350. The first-order valence-electron chi connectivity index (χ1n) is 15.4. The molecule has 0 aliphatic carbocycles. The predicted molar refractivity (Wildman–Crippen MR) is 176 cm³/mol. The molecule has 258 valence electrons. The van der Waals surface area contributed by atoms with Crippen LogP contribution in [-0.4, -0.2) is 48.7 Å². The standard InChI is InChI=1S/C31H37N5O4.2C2H4O2/c1-2-18-33-31(40)36-27-15-9-24(10-16-27)21-35-30(39)26-13-11-25(12-14-26)29(38)34-20-23-7-5-22(6-8-23)19-28(37)4-3-17-32;2*1-2(3)4/h5-16H,2-4,17-21,32H2,1H3,(H,34,38)(H,35,39)(H2,33,36,40);2*1H3,(H,3,4)/p-1. The first-order valence-corrected chi connectivity index (χ1v) is 15.4. The third kappa shape index (κ3) is 18.4. The van der Waals surface area contributed by atoms with E-state index < -0.39 is 11.9 Å². The van der Waals surface area contributed by atoms with Crippen LogP contribution in [0.5, 0.6) is 0 Å². The van der Waals surface area contributed by atoms with Gasteiger partial charge >= 0.3 is 6.03 Å². The average molecular weight is 663 g/mol.